The van der Waals surface area contributed by atoms with E-state index >= 15 is 0 Å². The van der Waals surface area contributed by atoms with Crippen LogP contribution in [0, 0.1) is 214 Å². The Labute approximate surface area is 809 Å². The average Bonchev–Trinajstić information content (AvgIpc) is 1.18. The predicted octanol–water partition coefficient (Wildman–Crippen LogP) is 29.3. The fourth-order valence-electron chi connectivity index (χ4n) is 43.8. The monoisotopic (exact) mass is 1840 g/mol. The maximum absolute atomic E-state index is 12.8. The minimum absolute atomic E-state index is 0.0168. The van der Waals surface area contributed by atoms with Gasteiger partial charge in [0.1, 0.15) is 0 Å². The summed E-state index contributed by atoms with van der Waals surface area (Å²) in [6.45, 7) is 72.0. The molecule has 14 unspecified atom stereocenters. The molecule has 0 radical (unpaired) electrons. The van der Waals surface area contributed by atoms with Crippen molar-refractivity contribution in [3.63, 3.8) is 0 Å². The first-order chi connectivity index (χ1) is 61.3. The zero-order valence-corrected chi connectivity index (χ0v) is 89.9. The molecule has 19 aliphatic rings. The fourth-order valence-corrected chi connectivity index (χ4v) is 43.8. The van der Waals surface area contributed by atoms with Gasteiger partial charge in [-0.25, -0.2) is 4.79 Å². The van der Waals surface area contributed by atoms with Crippen molar-refractivity contribution in [1.82, 2.24) is 0 Å². The van der Waals surface area contributed by atoms with Gasteiger partial charge in [0.15, 0.2) is 0 Å². The van der Waals surface area contributed by atoms with Gasteiger partial charge in [0.05, 0.1) is 40.7 Å². The second-order valence-electron chi connectivity index (χ2n) is 58.6. The van der Waals surface area contributed by atoms with Crippen LogP contribution in [-0.4, -0.2) is 89.1 Å². The van der Waals surface area contributed by atoms with E-state index in [2.05, 4.69) is 199 Å². The van der Waals surface area contributed by atoms with Gasteiger partial charge in [0.25, 0.3) is 0 Å². The second kappa shape index (κ2) is 33.1. The predicted molar refractivity (Wildman–Crippen MR) is 537 cm³/mol. The molecule has 0 aliphatic heterocycles. The maximum Gasteiger partial charge on any atom is 0.330 e. The minimum Gasteiger partial charge on any atom is -0.481 e. The normalized spacial score (nSPS) is 53.6. The largest absolute Gasteiger partial charge is 0.481 e. The molecule has 752 valence electrons. The summed E-state index contributed by atoms with van der Waals surface area (Å²) in [4.78, 5) is 49.0. The second-order valence-corrected chi connectivity index (χ2v) is 58.6. The van der Waals surface area contributed by atoms with E-state index in [0.29, 0.717) is 104 Å². The highest BCUT2D eigenvalue weighted by atomic mass is 16.4. The number of carbonyl (C=O) groups is 4. The Morgan fingerprint density at radius 2 is 0.812 bits per heavy atom. The van der Waals surface area contributed by atoms with Gasteiger partial charge in [-0.3, -0.25) is 14.4 Å². The highest BCUT2D eigenvalue weighted by Crippen LogP contribution is 2.84. The quantitative estimate of drug-likeness (QED) is 0.0796. The molecule has 133 heavy (non-hydrogen) atoms. The van der Waals surface area contributed by atoms with Gasteiger partial charge in [-0.05, 0) is 469 Å². The SMILES string of the molecule is C/C(=C\CCC(C)C1CC[C@@]2(C)[C@@]1(C)CCC1[C@@]3(C)CC[C@H](O)C(C)(C)C3CC[C@]12C)C(=O)O.C=C(C)[C@@H]1CC[C@]2(C(=O)O)CC[C@]3(C)C(CCC4[C@@]5(C)CC[C@H](O)C(C)(C)C5CC[C@]43C)C12.CC1(C)C2CC[C@]3(C)C(CC=C4C5C[C@](C)(C(=O)O)CC[C@]5(C)CC[C@]43C)[C@@]2(C)CC[C@@H]1O.C[C@@H]1CC[C@]2(C(=O)O)CC[C@]3(C)C(=CCC4[C@@]5(C)CC[C@H](O)C(C)(C)C5CC[C@]43C)C2[C@H]1C. The highest BCUT2D eigenvalue weighted by molar-refractivity contribution is 5.85. The zero-order chi connectivity index (χ0) is 97.9. The molecule has 8 N–H and O–H groups in total. The van der Waals surface area contributed by atoms with Gasteiger partial charge in [-0.15, -0.1) is 0 Å². The summed E-state index contributed by atoms with van der Waals surface area (Å²) in [5, 5.41) is 83.8. The summed E-state index contributed by atoms with van der Waals surface area (Å²) >= 11 is 0. The lowest BCUT2D eigenvalue weighted by Gasteiger charge is -2.72. The van der Waals surface area contributed by atoms with Crippen LogP contribution in [0.15, 0.2) is 47.1 Å². The van der Waals surface area contributed by atoms with Crippen molar-refractivity contribution >= 4 is 23.9 Å². The molecule has 0 aromatic carbocycles. The number of carboxylic acids is 4. The molecule has 0 saturated heterocycles. The molecule has 0 spiro atoms. The van der Waals surface area contributed by atoms with Crippen LogP contribution in [-0.2, 0) is 19.2 Å². The van der Waals surface area contributed by atoms with Crippen molar-refractivity contribution in [2.75, 3.05) is 0 Å². The molecule has 0 amide bonds. The summed E-state index contributed by atoms with van der Waals surface area (Å²) in [6.07, 6.45) is 49.1. The Bertz CT molecular complexity index is 4590. The summed E-state index contributed by atoms with van der Waals surface area (Å²) in [7, 11) is 0. The molecule has 19 rings (SSSR count). The first-order valence-corrected chi connectivity index (χ1v) is 55.7. The Morgan fingerprint density at radius 1 is 0.398 bits per heavy atom. The summed E-state index contributed by atoms with van der Waals surface area (Å²) < 4.78 is 0. The molecule has 17 saturated carbocycles. The van der Waals surface area contributed by atoms with Crippen LogP contribution in [0.3, 0.4) is 0 Å². The van der Waals surface area contributed by atoms with E-state index in [1.807, 2.05) is 13.0 Å². The summed E-state index contributed by atoms with van der Waals surface area (Å²) in [6, 6.07) is 0. The van der Waals surface area contributed by atoms with Gasteiger partial charge in [-0.1, -0.05) is 215 Å². The summed E-state index contributed by atoms with van der Waals surface area (Å²) in [5.74, 6) is 6.56. The third-order valence-electron chi connectivity index (χ3n) is 53.6. The van der Waals surface area contributed by atoms with E-state index in [1.165, 1.54) is 120 Å². The lowest BCUT2D eigenvalue weighted by atomic mass is 9.32. The molecule has 12 heteroatoms. The van der Waals surface area contributed by atoms with Crippen LogP contribution < -0.4 is 0 Å². The smallest absolute Gasteiger partial charge is 0.330 e. The van der Waals surface area contributed by atoms with Crippen LogP contribution in [0.2, 0.25) is 0 Å². The molecule has 0 aromatic heterocycles. The van der Waals surface area contributed by atoms with Crippen LogP contribution in [0.1, 0.15) is 444 Å². The van der Waals surface area contributed by atoms with Crippen molar-refractivity contribution in [3.05, 3.63) is 47.1 Å². The number of aliphatic hydroxyl groups is 4. The molecule has 0 bridgehead atoms. The van der Waals surface area contributed by atoms with Crippen molar-refractivity contribution in [2.45, 2.75) is 469 Å². The topological polar surface area (TPSA) is 230 Å². The Morgan fingerprint density at radius 3 is 1.29 bits per heavy atom. The van der Waals surface area contributed by atoms with E-state index in [1.54, 1.807) is 12.5 Å². The van der Waals surface area contributed by atoms with Gasteiger partial charge in [-0.2, -0.15) is 0 Å². The molecular weight excluding hydrogens is 1650 g/mol. The van der Waals surface area contributed by atoms with Crippen molar-refractivity contribution in [2.24, 2.45) is 214 Å². The standard InChI is InChI=1S/C31H52O3.3C30H48O3/c1-20(10-9-11-21(2)26(33)34)22-12-19-31(8)29(22,6)17-14-24-28(5)16-15-25(32)27(3,4)23(28)13-18-30(24,31)7;1-18-10-15-30(25(32)33)17-16-28(6)20(24(30)19(18)2)8-9-22-27(5)13-12-23(31)26(3,4)21(27)11-14-29(22,28)7;1-18(2)19-10-15-30(25(32)33)17-16-28(6)20(24(19)30)8-9-22-27(5)13-12-23(31)26(3,4)21(27)11-14-29(22,28)7;1-25(2)21-10-13-30(7)22(28(21,5)12-11-23(25)31)9-8-19-20-18-27(4,24(32)33)15-14-26(20,3)16-17-29(19,30)6/h11,20,22-25,32H,9-10,12-19H2,1-8H3,(H,33,34);8,18-19,21-24,31H,9-17H2,1-7H3,(H,32,33);19-24,31H,1,8-17H2,2-7H3,(H,32,33);8,20-23,31H,9-18H2,1-7H3,(H,32,33)/b21-11+;;;/t20?,22?,23?,24?,25-,28-,29-,30+,31-;18-,19+,21?,22?,23+,24?,27+,28-,29-,30+;19-,20?,21?,22?,23-,24?,27-,28+,29+,30-;20?,21?,22?,23-,26+,27+,28-,29+,30+/m0100/s1. The number of aliphatic carboxylic acids is 4. The third-order valence-corrected chi connectivity index (χ3v) is 53.6. The molecule has 12 nitrogen and oxygen atoms in total. The van der Waals surface area contributed by atoms with E-state index in [-0.39, 0.29) is 112 Å². The van der Waals surface area contributed by atoms with Gasteiger partial charge < -0.3 is 40.9 Å². The van der Waals surface area contributed by atoms with Crippen molar-refractivity contribution < 1.29 is 60.0 Å². The summed E-state index contributed by atoms with van der Waals surface area (Å²) in [5.41, 5.74) is 6.66. The van der Waals surface area contributed by atoms with Crippen LogP contribution >= 0.6 is 0 Å². The number of hydrogen-bond acceptors (Lipinski definition) is 8. The highest BCUT2D eigenvalue weighted by Gasteiger charge is 2.78. The van der Waals surface area contributed by atoms with E-state index < -0.39 is 40.1 Å². The molecule has 17 fully saturated rings. The number of allylic oxidation sites excluding steroid dienone is 6. The van der Waals surface area contributed by atoms with Crippen LogP contribution in [0.5, 0.6) is 0 Å². The van der Waals surface area contributed by atoms with Crippen molar-refractivity contribution in [1.29, 1.82) is 0 Å². The molecule has 0 aromatic rings. The van der Waals surface area contributed by atoms with E-state index in [9.17, 15) is 60.0 Å². The Kier molecular flexibility index (Phi) is 25.5. The number of rotatable bonds is 9. The number of fused-ring (bicyclic) bond motifs is 26. The zero-order valence-electron chi connectivity index (χ0n) is 89.9. The first kappa shape index (κ1) is 103. The minimum atomic E-state index is -0.790. The van der Waals surface area contributed by atoms with Crippen LogP contribution in [0.25, 0.3) is 0 Å². The van der Waals surface area contributed by atoms with E-state index in [0.717, 1.165) is 153 Å². The molecule has 0 heterocycles. The third kappa shape index (κ3) is 14.0. The first-order valence-electron chi connectivity index (χ1n) is 55.7. The average molecular weight is 1840 g/mol. The Hall–Kier alpha value is -3.32. The number of carboxylic acid groups (broad SMARTS) is 4. The molecule has 38 atom stereocenters. The van der Waals surface area contributed by atoms with Gasteiger partial charge in [0, 0.05) is 5.57 Å². The number of hydrogen-bond donors (Lipinski definition) is 8. The Balaban J connectivity index is 0.000000129. The van der Waals surface area contributed by atoms with Crippen LogP contribution in [0.4, 0.5) is 0 Å². The molecular formula is C121H196O12. The molecule has 19 aliphatic carbocycles. The lowest BCUT2D eigenvalue weighted by molar-refractivity contribution is -0.248. The van der Waals surface area contributed by atoms with E-state index in [4.69, 9.17) is 0 Å². The van der Waals surface area contributed by atoms with Gasteiger partial charge >= 0.3 is 23.9 Å². The maximum atomic E-state index is 12.8. The lowest BCUT2D eigenvalue weighted by Crippen LogP contribution is -2.67. The van der Waals surface area contributed by atoms with Crippen molar-refractivity contribution in [3.8, 4) is 0 Å². The number of aliphatic hydroxyl groups excluding tert-OH is 4. The fraction of sp³-hybridized carbons (Fsp3) is 0.901. The van der Waals surface area contributed by atoms with Gasteiger partial charge in [0.2, 0.25) is 0 Å².